The number of ether oxygens (including phenoxy) is 1. The first-order valence-electron chi connectivity index (χ1n) is 11.8. The summed E-state index contributed by atoms with van der Waals surface area (Å²) in [5, 5.41) is 7.65. The van der Waals surface area contributed by atoms with Crippen molar-refractivity contribution in [3.8, 4) is 17.0 Å². The highest BCUT2D eigenvalue weighted by Crippen LogP contribution is 2.33. The van der Waals surface area contributed by atoms with E-state index >= 15 is 0 Å². The summed E-state index contributed by atoms with van der Waals surface area (Å²) >= 11 is 0. The molecule has 1 unspecified atom stereocenters. The van der Waals surface area contributed by atoms with Gasteiger partial charge < -0.3 is 19.9 Å². The van der Waals surface area contributed by atoms with Crippen LogP contribution in [-0.2, 0) is 0 Å². The second-order valence-corrected chi connectivity index (χ2v) is 9.03. The lowest BCUT2D eigenvalue weighted by molar-refractivity contribution is 0.191. The van der Waals surface area contributed by atoms with E-state index in [1.807, 2.05) is 89.1 Å². The predicted octanol–water partition coefficient (Wildman–Crippen LogP) is 4.88. The van der Waals surface area contributed by atoms with Crippen LogP contribution < -0.4 is 15.0 Å². The monoisotopic (exact) mass is 470 g/mol. The molecule has 8 heteroatoms. The van der Waals surface area contributed by atoms with E-state index in [1.165, 1.54) is 0 Å². The number of carbonyl (C=O) groups is 1. The Morgan fingerprint density at radius 2 is 1.94 bits per heavy atom. The van der Waals surface area contributed by atoms with E-state index in [1.54, 1.807) is 13.3 Å². The third kappa shape index (κ3) is 4.64. The van der Waals surface area contributed by atoms with Crippen LogP contribution in [0, 0.1) is 0 Å². The molecule has 2 aromatic heterocycles. The molecule has 1 saturated heterocycles. The molecule has 1 atom stereocenters. The fourth-order valence-corrected chi connectivity index (χ4v) is 4.62. The van der Waals surface area contributed by atoms with Gasteiger partial charge in [-0.3, -0.25) is 0 Å². The third-order valence-electron chi connectivity index (χ3n) is 6.49. The number of likely N-dealkylation sites (tertiary alicyclic amines) is 1. The van der Waals surface area contributed by atoms with Crippen LogP contribution in [0.1, 0.15) is 24.6 Å². The van der Waals surface area contributed by atoms with Gasteiger partial charge in [0.05, 0.1) is 18.3 Å². The minimum atomic E-state index is -0.0888. The van der Waals surface area contributed by atoms with Gasteiger partial charge in [0.2, 0.25) is 0 Å². The first-order valence-corrected chi connectivity index (χ1v) is 11.8. The van der Waals surface area contributed by atoms with E-state index in [0.717, 1.165) is 59.1 Å². The number of benzene rings is 2. The third-order valence-corrected chi connectivity index (χ3v) is 6.49. The molecule has 2 amide bonds. The number of hydrogen-bond acceptors (Lipinski definition) is 5. The summed E-state index contributed by atoms with van der Waals surface area (Å²) in [6.07, 6.45) is 3.64. The van der Waals surface area contributed by atoms with Crippen molar-refractivity contribution in [2.75, 3.05) is 44.5 Å². The Morgan fingerprint density at radius 3 is 2.71 bits per heavy atom. The molecule has 0 radical (unpaired) electrons. The minimum Gasteiger partial charge on any atom is -0.497 e. The molecule has 1 fully saturated rings. The van der Waals surface area contributed by atoms with Gasteiger partial charge in [-0.2, -0.15) is 5.10 Å². The van der Waals surface area contributed by atoms with Crippen molar-refractivity contribution in [2.24, 2.45) is 0 Å². The minimum absolute atomic E-state index is 0.0888. The maximum absolute atomic E-state index is 13.1. The van der Waals surface area contributed by atoms with Crippen LogP contribution in [0.25, 0.3) is 16.8 Å². The Kier molecular flexibility index (Phi) is 6.27. The van der Waals surface area contributed by atoms with Crippen molar-refractivity contribution in [3.63, 3.8) is 0 Å². The molecule has 2 aromatic carbocycles. The average Bonchev–Trinajstić information content (AvgIpc) is 3.29. The number of anilines is 2. The normalized spacial score (nSPS) is 15.7. The molecule has 0 aliphatic carbocycles. The molecule has 0 saturated carbocycles. The number of fused-ring (bicyclic) bond motifs is 1. The Morgan fingerprint density at radius 1 is 1.11 bits per heavy atom. The fourth-order valence-electron chi connectivity index (χ4n) is 4.62. The maximum Gasteiger partial charge on any atom is 0.321 e. The van der Waals surface area contributed by atoms with Crippen LogP contribution in [-0.4, -0.2) is 59.8 Å². The van der Waals surface area contributed by atoms with Crippen LogP contribution in [0.2, 0.25) is 0 Å². The van der Waals surface area contributed by atoms with Crippen molar-refractivity contribution in [1.82, 2.24) is 19.5 Å². The quantitative estimate of drug-likeness (QED) is 0.450. The predicted molar refractivity (Wildman–Crippen MR) is 138 cm³/mol. The molecule has 4 aromatic rings. The van der Waals surface area contributed by atoms with E-state index in [2.05, 4.69) is 10.4 Å². The zero-order valence-corrected chi connectivity index (χ0v) is 20.3. The summed E-state index contributed by atoms with van der Waals surface area (Å²) < 4.78 is 7.33. The lowest BCUT2D eigenvalue weighted by Crippen LogP contribution is -2.42. The van der Waals surface area contributed by atoms with Gasteiger partial charge in [-0.1, -0.05) is 12.1 Å². The summed E-state index contributed by atoms with van der Waals surface area (Å²) in [7, 11) is 5.65. The van der Waals surface area contributed by atoms with Gasteiger partial charge in [0.1, 0.15) is 11.6 Å². The van der Waals surface area contributed by atoms with E-state index in [-0.39, 0.29) is 11.9 Å². The highest BCUT2D eigenvalue weighted by Gasteiger charge is 2.29. The van der Waals surface area contributed by atoms with Crippen molar-refractivity contribution >= 4 is 22.9 Å². The number of urea groups is 1. The molecule has 0 spiro atoms. The Labute approximate surface area is 205 Å². The lowest BCUT2D eigenvalue weighted by Gasteiger charge is -2.32. The summed E-state index contributed by atoms with van der Waals surface area (Å²) in [4.78, 5) is 22.0. The molecule has 1 N–H and O–H groups in total. The molecule has 3 heterocycles. The Balaban J connectivity index is 1.39. The lowest BCUT2D eigenvalue weighted by atomic mass is 9.97. The molecular formula is C27H30N6O2. The van der Waals surface area contributed by atoms with Crippen LogP contribution >= 0.6 is 0 Å². The Hall–Kier alpha value is -4.07. The number of amides is 2. The van der Waals surface area contributed by atoms with Crippen molar-refractivity contribution in [3.05, 3.63) is 72.7 Å². The topological polar surface area (TPSA) is 75.0 Å². The van der Waals surface area contributed by atoms with Gasteiger partial charge in [0.25, 0.3) is 0 Å². The number of piperidine rings is 1. The van der Waals surface area contributed by atoms with Gasteiger partial charge in [-0.05, 0) is 61.4 Å². The first-order chi connectivity index (χ1) is 17.0. The smallest absolute Gasteiger partial charge is 0.321 e. The summed E-state index contributed by atoms with van der Waals surface area (Å²) in [6.45, 7) is 1.31. The molecule has 180 valence electrons. The first kappa shape index (κ1) is 22.7. The van der Waals surface area contributed by atoms with Gasteiger partial charge >= 0.3 is 6.03 Å². The number of imidazole rings is 1. The standard InChI is InChI=1S/C27H30N6O2/c1-31(2)22-13-11-21(12-14-22)29-27(34)32-16-6-8-20(18-32)26-30-25(24-10-5-15-28-33(24)26)19-7-4-9-23(17-19)35-3/h4-5,7,9-15,17,20H,6,8,16,18H2,1-3H3,(H,29,34). The number of hydrogen-bond donors (Lipinski definition) is 1. The van der Waals surface area contributed by atoms with Gasteiger partial charge in [0.15, 0.2) is 0 Å². The van der Waals surface area contributed by atoms with Crippen LogP contribution in [0.15, 0.2) is 66.9 Å². The zero-order chi connectivity index (χ0) is 24.4. The van der Waals surface area contributed by atoms with E-state index in [9.17, 15) is 4.79 Å². The van der Waals surface area contributed by atoms with Gasteiger partial charge in [-0.25, -0.2) is 14.3 Å². The van der Waals surface area contributed by atoms with E-state index in [4.69, 9.17) is 9.72 Å². The molecule has 8 nitrogen and oxygen atoms in total. The molecule has 0 bridgehead atoms. The fraction of sp³-hybridized carbons (Fsp3) is 0.296. The van der Waals surface area contributed by atoms with Crippen LogP contribution in [0.5, 0.6) is 5.75 Å². The molecule has 35 heavy (non-hydrogen) atoms. The van der Waals surface area contributed by atoms with E-state index in [0.29, 0.717) is 6.54 Å². The summed E-state index contributed by atoms with van der Waals surface area (Å²) in [5.74, 6) is 1.76. The van der Waals surface area contributed by atoms with Crippen LogP contribution in [0.4, 0.5) is 16.2 Å². The Bertz CT molecular complexity index is 1330. The zero-order valence-electron chi connectivity index (χ0n) is 20.3. The SMILES string of the molecule is COc1cccc(-c2nc(C3CCCN(C(=O)Nc4ccc(N(C)C)cc4)C3)n3ncccc23)c1. The summed E-state index contributed by atoms with van der Waals surface area (Å²) in [6, 6.07) is 19.6. The van der Waals surface area contributed by atoms with Crippen LogP contribution in [0.3, 0.4) is 0 Å². The van der Waals surface area contributed by atoms with Crippen molar-refractivity contribution in [2.45, 2.75) is 18.8 Å². The van der Waals surface area contributed by atoms with Gasteiger partial charge in [0, 0.05) is 56.2 Å². The average molecular weight is 471 g/mol. The second-order valence-electron chi connectivity index (χ2n) is 9.03. The molecule has 1 aliphatic heterocycles. The number of nitrogens with zero attached hydrogens (tertiary/aromatic N) is 5. The second kappa shape index (κ2) is 9.66. The molecule has 1 aliphatic rings. The van der Waals surface area contributed by atoms with E-state index < -0.39 is 0 Å². The number of nitrogens with one attached hydrogen (secondary N) is 1. The maximum atomic E-state index is 13.1. The number of carbonyl (C=O) groups excluding carboxylic acids is 1. The van der Waals surface area contributed by atoms with Crippen molar-refractivity contribution in [1.29, 1.82) is 0 Å². The molecule has 5 rings (SSSR count). The highest BCUT2D eigenvalue weighted by atomic mass is 16.5. The molecular weight excluding hydrogens is 440 g/mol. The van der Waals surface area contributed by atoms with Gasteiger partial charge in [-0.15, -0.1) is 0 Å². The largest absolute Gasteiger partial charge is 0.497 e. The van der Waals surface area contributed by atoms with Crippen molar-refractivity contribution < 1.29 is 9.53 Å². The highest BCUT2D eigenvalue weighted by molar-refractivity contribution is 5.89. The number of rotatable bonds is 5. The summed E-state index contributed by atoms with van der Waals surface area (Å²) in [5.41, 5.74) is 4.67. The number of methoxy groups -OCH3 is 1. The number of aromatic nitrogens is 3.